The second-order valence-corrected chi connectivity index (χ2v) is 5.25. The summed E-state index contributed by atoms with van der Waals surface area (Å²) in [4.78, 5) is 0. The van der Waals surface area contributed by atoms with Gasteiger partial charge in [0.05, 0.1) is 17.7 Å². The van der Waals surface area contributed by atoms with E-state index in [2.05, 4.69) is 30.4 Å². The minimum absolute atomic E-state index is 0.292. The molecule has 0 amide bonds. The van der Waals surface area contributed by atoms with Gasteiger partial charge in [0.1, 0.15) is 0 Å². The van der Waals surface area contributed by atoms with E-state index in [0.29, 0.717) is 18.2 Å². The molecule has 2 aromatic carbocycles. The van der Waals surface area contributed by atoms with Crippen LogP contribution in [0, 0.1) is 11.3 Å². The van der Waals surface area contributed by atoms with Crippen molar-refractivity contribution in [3.05, 3.63) is 71.3 Å². The van der Waals surface area contributed by atoms with Crippen LogP contribution in [0.2, 0.25) is 0 Å². The molecule has 2 atom stereocenters. The van der Waals surface area contributed by atoms with E-state index >= 15 is 0 Å². The zero-order valence-electron chi connectivity index (χ0n) is 12.2. The second-order valence-electron chi connectivity index (χ2n) is 5.25. The van der Waals surface area contributed by atoms with E-state index in [1.165, 1.54) is 5.56 Å². The maximum atomic E-state index is 10.2. The Hall–Kier alpha value is -2.15. The SMILES string of the molecule is CC(Cc1ccccc1)NCC(O)c1ccc(C#N)cc1. The highest BCUT2D eigenvalue weighted by Gasteiger charge is 2.09. The van der Waals surface area contributed by atoms with Crippen molar-refractivity contribution in [2.45, 2.75) is 25.5 Å². The third-order valence-corrected chi connectivity index (χ3v) is 3.47. The van der Waals surface area contributed by atoms with Crippen molar-refractivity contribution in [3.63, 3.8) is 0 Å². The number of nitrogens with zero attached hydrogens (tertiary/aromatic N) is 1. The number of nitrogens with one attached hydrogen (secondary N) is 1. The van der Waals surface area contributed by atoms with Crippen molar-refractivity contribution in [3.8, 4) is 6.07 Å². The first kappa shape index (κ1) is 15.2. The van der Waals surface area contributed by atoms with Gasteiger partial charge < -0.3 is 10.4 Å². The van der Waals surface area contributed by atoms with Gasteiger partial charge in [-0.1, -0.05) is 42.5 Å². The molecule has 0 bridgehead atoms. The summed E-state index contributed by atoms with van der Waals surface area (Å²) >= 11 is 0. The summed E-state index contributed by atoms with van der Waals surface area (Å²) in [5, 5.41) is 22.3. The van der Waals surface area contributed by atoms with Crippen molar-refractivity contribution in [1.29, 1.82) is 5.26 Å². The molecule has 0 spiro atoms. The van der Waals surface area contributed by atoms with Crippen molar-refractivity contribution in [1.82, 2.24) is 5.32 Å². The monoisotopic (exact) mass is 280 g/mol. The number of hydrogen-bond donors (Lipinski definition) is 2. The molecule has 0 heterocycles. The average Bonchev–Trinajstić information content (AvgIpc) is 2.53. The maximum absolute atomic E-state index is 10.2. The lowest BCUT2D eigenvalue weighted by Crippen LogP contribution is -2.32. The molecular formula is C18H20N2O. The first-order valence-electron chi connectivity index (χ1n) is 7.14. The quantitative estimate of drug-likeness (QED) is 0.855. The average molecular weight is 280 g/mol. The summed E-state index contributed by atoms with van der Waals surface area (Å²) in [6.45, 7) is 2.61. The van der Waals surface area contributed by atoms with E-state index in [0.717, 1.165) is 12.0 Å². The fraction of sp³-hybridized carbons (Fsp3) is 0.278. The highest BCUT2D eigenvalue weighted by molar-refractivity contribution is 5.32. The van der Waals surface area contributed by atoms with E-state index < -0.39 is 6.10 Å². The summed E-state index contributed by atoms with van der Waals surface area (Å²) in [6.07, 6.45) is 0.372. The molecule has 0 aliphatic carbocycles. The van der Waals surface area contributed by atoms with Gasteiger partial charge in [0.15, 0.2) is 0 Å². The number of aliphatic hydroxyl groups excluding tert-OH is 1. The van der Waals surface area contributed by atoms with Gasteiger partial charge in [0.2, 0.25) is 0 Å². The van der Waals surface area contributed by atoms with E-state index in [-0.39, 0.29) is 0 Å². The van der Waals surface area contributed by atoms with Crippen molar-refractivity contribution >= 4 is 0 Å². The predicted molar refractivity (Wildman–Crippen MR) is 83.7 cm³/mol. The summed E-state index contributed by atoms with van der Waals surface area (Å²) in [5.41, 5.74) is 2.72. The van der Waals surface area contributed by atoms with Gasteiger partial charge in [-0.25, -0.2) is 0 Å². The summed E-state index contributed by atoms with van der Waals surface area (Å²) in [7, 11) is 0. The van der Waals surface area contributed by atoms with Crippen molar-refractivity contribution in [2.75, 3.05) is 6.54 Å². The Morgan fingerprint density at radius 3 is 2.38 bits per heavy atom. The van der Waals surface area contributed by atoms with E-state index in [1.807, 2.05) is 18.2 Å². The molecule has 21 heavy (non-hydrogen) atoms. The van der Waals surface area contributed by atoms with Crippen LogP contribution in [-0.4, -0.2) is 17.7 Å². The standard InChI is InChI=1S/C18H20N2O/c1-14(11-15-5-3-2-4-6-15)20-13-18(21)17-9-7-16(12-19)8-10-17/h2-10,14,18,20-21H,11,13H2,1H3. The molecule has 2 rings (SSSR count). The molecule has 0 aliphatic rings. The van der Waals surface area contributed by atoms with Gasteiger partial charge in [-0.2, -0.15) is 5.26 Å². The molecule has 0 saturated carbocycles. The van der Waals surface area contributed by atoms with Crippen LogP contribution in [0.1, 0.15) is 29.7 Å². The van der Waals surface area contributed by atoms with Crippen LogP contribution in [-0.2, 0) is 6.42 Å². The lowest BCUT2D eigenvalue weighted by atomic mass is 10.1. The summed E-state index contributed by atoms with van der Waals surface area (Å²) < 4.78 is 0. The second kappa shape index (κ2) is 7.58. The van der Waals surface area contributed by atoms with Gasteiger partial charge in [-0.05, 0) is 36.6 Å². The van der Waals surface area contributed by atoms with E-state index in [4.69, 9.17) is 5.26 Å². The molecule has 3 heteroatoms. The fourth-order valence-electron chi connectivity index (χ4n) is 2.25. The number of aliphatic hydroxyl groups is 1. The number of hydrogen-bond acceptors (Lipinski definition) is 3. The third-order valence-electron chi connectivity index (χ3n) is 3.47. The van der Waals surface area contributed by atoms with Crippen molar-refractivity contribution < 1.29 is 5.11 Å². The maximum Gasteiger partial charge on any atom is 0.0991 e. The van der Waals surface area contributed by atoms with Gasteiger partial charge in [-0.3, -0.25) is 0 Å². The molecule has 2 unspecified atom stereocenters. The van der Waals surface area contributed by atoms with Crippen LogP contribution in [0.25, 0.3) is 0 Å². The van der Waals surface area contributed by atoms with Crippen LogP contribution in [0.3, 0.4) is 0 Å². The molecule has 2 N–H and O–H groups in total. The minimum atomic E-state index is -0.559. The van der Waals surface area contributed by atoms with Gasteiger partial charge in [0.25, 0.3) is 0 Å². The molecule has 0 aromatic heterocycles. The minimum Gasteiger partial charge on any atom is -0.387 e. The number of benzene rings is 2. The fourth-order valence-corrected chi connectivity index (χ4v) is 2.25. The van der Waals surface area contributed by atoms with Crippen molar-refractivity contribution in [2.24, 2.45) is 0 Å². The normalized spacial score (nSPS) is 13.4. The highest BCUT2D eigenvalue weighted by atomic mass is 16.3. The van der Waals surface area contributed by atoms with Gasteiger partial charge in [-0.15, -0.1) is 0 Å². The molecule has 0 fully saturated rings. The number of nitriles is 1. The lowest BCUT2D eigenvalue weighted by Gasteiger charge is -2.17. The molecule has 108 valence electrons. The zero-order valence-corrected chi connectivity index (χ0v) is 12.2. The smallest absolute Gasteiger partial charge is 0.0991 e. The Morgan fingerprint density at radius 2 is 1.76 bits per heavy atom. The lowest BCUT2D eigenvalue weighted by molar-refractivity contribution is 0.170. The summed E-state index contributed by atoms with van der Waals surface area (Å²) in [6, 6.07) is 19.7. The molecule has 2 aromatic rings. The molecule has 0 aliphatic heterocycles. The van der Waals surface area contributed by atoms with Crippen LogP contribution in [0.4, 0.5) is 0 Å². The van der Waals surface area contributed by atoms with Crippen LogP contribution >= 0.6 is 0 Å². The Kier molecular flexibility index (Phi) is 5.51. The zero-order chi connectivity index (χ0) is 15.1. The largest absolute Gasteiger partial charge is 0.387 e. The van der Waals surface area contributed by atoms with Crippen LogP contribution < -0.4 is 5.32 Å². The van der Waals surface area contributed by atoms with E-state index in [1.54, 1.807) is 24.3 Å². The first-order chi connectivity index (χ1) is 10.2. The topological polar surface area (TPSA) is 56.0 Å². The highest BCUT2D eigenvalue weighted by Crippen LogP contribution is 2.13. The first-order valence-corrected chi connectivity index (χ1v) is 7.14. The van der Waals surface area contributed by atoms with Crippen LogP contribution in [0.15, 0.2) is 54.6 Å². The molecule has 0 radical (unpaired) electrons. The Morgan fingerprint density at radius 1 is 1.10 bits per heavy atom. The Balaban J connectivity index is 1.82. The molecule has 0 saturated heterocycles. The Labute approximate surface area is 125 Å². The van der Waals surface area contributed by atoms with Gasteiger partial charge >= 0.3 is 0 Å². The molecular weight excluding hydrogens is 260 g/mol. The van der Waals surface area contributed by atoms with Gasteiger partial charge in [0, 0.05) is 12.6 Å². The summed E-state index contributed by atoms with van der Waals surface area (Å²) in [5.74, 6) is 0. The van der Waals surface area contributed by atoms with Crippen LogP contribution in [0.5, 0.6) is 0 Å². The number of rotatable bonds is 6. The molecule has 3 nitrogen and oxygen atoms in total. The predicted octanol–water partition coefficient (Wildman–Crippen LogP) is 2.81. The Bertz CT molecular complexity index is 587. The van der Waals surface area contributed by atoms with E-state index in [9.17, 15) is 5.11 Å². The third kappa shape index (κ3) is 4.71.